The molecule has 0 amide bonds. The summed E-state index contributed by atoms with van der Waals surface area (Å²) >= 11 is 0. The predicted molar refractivity (Wildman–Crippen MR) is 289 cm³/mol. The molecule has 0 aromatic heterocycles. The number of rotatable bonds is 28. The molecule has 5 aliphatic heterocycles. The minimum atomic E-state index is 0.202. The Morgan fingerprint density at radius 3 is 0.770 bits per heavy atom. The smallest absolute Gasteiger partial charge is 0.126 e. The zero-order valence-electron chi connectivity index (χ0n) is 44.6. The number of benzene rings is 5. The van der Waals surface area contributed by atoms with Crippen molar-refractivity contribution >= 4 is 0 Å². The van der Waals surface area contributed by atoms with Crippen LogP contribution in [0.25, 0.3) is 0 Å². The lowest BCUT2D eigenvalue weighted by Gasteiger charge is -2.36. The van der Waals surface area contributed by atoms with Crippen molar-refractivity contribution in [1.82, 2.24) is 0 Å². The molecular weight excluding hydrogens is 929 g/mol. The second-order valence-electron chi connectivity index (χ2n) is 21.4. The average molecular weight is 1010 g/mol. The molecule has 10 atom stereocenters. The third-order valence-electron chi connectivity index (χ3n) is 16.5. The van der Waals surface area contributed by atoms with E-state index in [9.17, 15) is 0 Å². The average Bonchev–Trinajstić information content (AvgIpc) is 3.36. The van der Waals surface area contributed by atoms with Gasteiger partial charge in [-0.2, -0.15) is 0 Å². The SMILES string of the molecule is CCC1OCC1COc1ccccc1Cc1cccc(Cc2cccc(Cc3cccc(Cc4ccccc4OCC4COC4CC)c3OCC3COC3CC)c2OCC2COC2CC)c1OCC1COC1CC. The van der Waals surface area contributed by atoms with Gasteiger partial charge in [0.15, 0.2) is 0 Å². The Kier molecular flexibility index (Phi) is 17.8. The molecule has 5 aromatic rings. The highest BCUT2D eigenvalue weighted by Crippen LogP contribution is 2.40. The predicted octanol–water partition coefficient (Wildman–Crippen LogP) is 12.1. The van der Waals surface area contributed by atoms with Gasteiger partial charge in [-0.15, -0.1) is 0 Å². The van der Waals surface area contributed by atoms with Crippen molar-refractivity contribution in [2.45, 2.75) is 123 Å². The second kappa shape index (κ2) is 25.2. The van der Waals surface area contributed by atoms with Crippen LogP contribution in [0.15, 0.2) is 103 Å². The minimum absolute atomic E-state index is 0.202. The first-order valence-corrected chi connectivity index (χ1v) is 28.1. The molecule has 5 fully saturated rings. The van der Waals surface area contributed by atoms with Gasteiger partial charge >= 0.3 is 0 Å². The van der Waals surface area contributed by atoms with Gasteiger partial charge in [-0.05, 0) is 88.7 Å². The van der Waals surface area contributed by atoms with E-state index < -0.39 is 0 Å². The van der Waals surface area contributed by atoms with Crippen LogP contribution in [-0.2, 0) is 49.4 Å². The van der Waals surface area contributed by atoms with Gasteiger partial charge in [0.1, 0.15) is 28.7 Å². The van der Waals surface area contributed by atoms with Crippen molar-refractivity contribution in [2.75, 3.05) is 66.1 Å². The van der Waals surface area contributed by atoms with E-state index in [-0.39, 0.29) is 30.5 Å². The molecule has 0 aliphatic carbocycles. The summed E-state index contributed by atoms with van der Waals surface area (Å²) in [6, 6.07) is 36.8. The first-order valence-electron chi connectivity index (χ1n) is 28.1. The highest BCUT2D eigenvalue weighted by Gasteiger charge is 2.36. The van der Waals surface area contributed by atoms with Crippen molar-refractivity contribution < 1.29 is 47.4 Å². The Morgan fingerprint density at radius 2 is 0.527 bits per heavy atom. The Hall–Kier alpha value is -5.10. The molecule has 0 bridgehead atoms. The zero-order chi connectivity index (χ0) is 50.8. The maximum Gasteiger partial charge on any atom is 0.126 e. The van der Waals surface area contributed by atoms with Crippen LogP contribution >= 0.6 is 0 Å². The van der Waals surface area contributed by atoms with E-state index in [4.69, 9.17) is 47.4 Å². The summed E-state index contributed by atoms with van der Waals surface area (Å²) in [6.45, 7) is 17.7. The molecule has 10 rings (SSSR count). The van der Waals surface area contributed by atoms with Crippen LogP contribution in [0.2, 0.25) is 0 Å². The monoisotopic (exact) mass is 1010 g/mol. The van der Waals surface area contributed by atoms with E-state index in [2.05, 4.69) is 138 Å². The summed E-state index contributed by atoms with van der Waals surface area (Å²) in [4.78, 5) is 0. The van der Waals surface area contributed by atoms with E-state index >= 15 is 0 Å². The molecule has 0 radical (unpaired) electrons. The molecule has 74 heavy (non-hydrogen) atoms. The van der Waals surface area contributed by atoms with Gasteiger partial charge < -0.3 is 47.4 Å². The van der Waals surface area contributed by atoms with Crippen molar-refractivity contribution in [1.29, 1.82) is 0 Å². The van der Waals surface area contributed by atoms with E-state index in [0.29, 0.717) is 94.9 Å². The van der Waals surface area contributed by atoms with Crippen LogP contribution in [-0.4, -0.2) is 96.6 Å². The van der Waals surface area contributed by atoms with Gasteiger partial charge in [0.05, 0.1) is 96.6 Å². The zero-order valence-corrected chi connectivity index (χ0v) is 44.6. The fourth-order valence-electron chi connectivity index (χ4n) is 11.5. The molecule has 10 heteroatoms. The Morgan fingerprint density at radius 1 is 0.297 bits per heavy atom. The molecule has 396 valence electrons. The quantitative estimate of drug-likeness (QED) is 0.0482. The van der Waals surface area contributed by atoms with Crippen LogP contribution in [0.4, 0.5) is 0 Å². The third kappa shape index (κ3) is 12.1. The molecule has 0 saturated carbocycles. The van der Waals surface area contributed by atoms with E-state index in [1.165, 1.54) is 0 Å². The summed E-state index contributed by atoms with van der Waals surface area (Å²) in [6.07, 6.45) is 8.69. The molecule has 0 spiro atoms. The fraction of sp³-hybridized carbons (Fsp3) is 0.531. The molecule has 10 unspecified atom stereocenters. The standard InChI is InChI=1S/C64H80O10/c1-6-55-50(32-65-55)37-70-60-26-13-11-18-42(60)28-44-20-15-22-46(62(44)72-39-52-34-67-57(52)8-3)30-48-24-17-25-49(64(48)74-41-54-36-69-59(54)10-5)31-47-23-16-21-45(63(47)73-40-53-35-68-58(53)9-4)29-43-19-12-14-27-61(43)71-38-51-33-66-56(51)7-2/h11-27,50-59H,6-10,28-41H2,1-5H3. The van der Waals surface area contributed by atoms with Crippen LogP contribution < -0.4 is 23.7 Å². The summed E-state index contributed by atoms with van der Waals surface area (Å²) in [5.74, 6) is 6.47. The minimum Gasteiger partial charge on any atom is -0.493 e. The molecular formula is C64H80O10. The largest absolute Gasteiger partial charge is 0.493 e. The van der Waals surface area contributed by atoms with Gasteiger partial charge in [0.25, 0.3) is 0 Å². The van der Waals surface area contributed by atoms with Crippen molar-refractivity contribution in [2.24, 2.45) is 29.6 Å². The first kappa shape index (κ1) is 52.3. The Bertz CT molecular complexity index is 2420. The molecule has 0 N–H and O–H groups in total. The van der Waals surface area contributed by atoms with E-state index in [0.717, 1.165) is 132 Å². The Labute approximate surface area is 440 Å². The summed E-state index contributed by atoms with van der Waals surface area (Å²) in [7, 11) is 0. The molecule has 10 nitrogen and oxygen atoms in total. The van der Waals surface area contributed by atoms with E-state index in [1.54, 1.807) is 0 Å². The highest BCUT2D eigenvalue weighted by molar-refractivity contribution is 5.54. The maximum atomic E-state index is 7.12. The molecule has 5 aromatic carbocycles. The third-order valence-corrected chi connectivity index (χ3v) is 16.5. The summed E-state index contributed by atoms with van der Waals surface area (Å²) in [5, 5.41) is 0. The van der Waals surface area contributed by atoms with Crippen LogP contribution in [0.3, 0.4) is 0 Å². The topological polar surface area (TPSA) is 92.3 Å². The van der Waals surface area contributed by atoms with Gasteiger partial charge in [-0.3, -0.25) is 0 Å². The first-order chi connectivity index (χ1) is 36.4. The normalized spacial score (nSPS) is 25.9. The number of ether oxygens (including phenoxy) is 10. The van der Waals surface area contributed by atoms with Crippen molar-refractivity contribution in [3.8, 4) is 28.7 Å². The van der Waals surface area contributed by atoms with Crippen molar-refractivity contribution in [3.63, 3.8) is 0 Å². The lowest BCUT2D eigenvalue weighted by molar-refractivity contribution is -0.128. The summed E-state index contributed by atoms with van der Waals surface area (Å²) < 4.78 is 63.8. The van der Waals surface area contributed by atoms with Crippen LogP contribution in [0.5, 0.6) is 28.7 Å². The number of hydrogen-bond acceptors (Lipinski definition) is 10. The maximum absolute atomic E-state index is 7.12. The lowest BCUT2D eigenvalue weighted by atomic mass is 9.92. The number of hydrogen-bond donors (Lipinski definition) is 0. The number of para-hydroxylation sites is 5. The van der Waals surface area contributed by atoms with Crippen LogP contribution in [0.1, 0.15) is 111 Å². The Balaban J connectivity index is 0.968. The van der Waals surface area contributed by atoms with Crippen LogP contribution in [0, 0.1) is 29.6 Å². The lowest BCUT2D eigenvalue weighted by Crippen LogP contribution is -2.43. The molecule has 5 saturated heterocycles. The molecule has 5 aliphatic rings. The van der Waals surface area contributed by atoms with Gasteiger partial charge in [-0.25, -0.2) is 0 Å². The second-order valence-corrected chi connectivity index (χ2v) is 21.4. The summed E-state index contributed by atoms with van der Waals surface area (Å²) in [5.41, 5.74) is 9.05. The van der Waals surface area contributed by atoms with Gasteiger partial charge in [-0.1, -0.05) is 126 Å². The van der Waals surface area contributed by atoms with E-state index in [1.807, 2.05) is 0 Å². The van der Waals surface area contributed by atoms with Gasteiger partial charge in [0.2, 0.25) is 0 Å². The fourth-order valence-corrected chi connectivity index (χ4v) is 11.5. The molecule has 5 heterocycles. The highest BCUT2D eigenvalue weighted by atomic mass is 16.5. The van der Waals surface area contributed by atoms with Gasteiger partial charge in [0, 0.05) is 55.3 Å². The van der Waals surface area contributed by atoms with Crippen molar-refractivity contribution in [3.05, 3.63) is 148 Å².